The molecule has 0 spiro atoms. The van der Waals surface area contributed by atoms with Crippen molar-refractivity contribution in [1.82, 2.24) is 5.32 Å². The number of fused-ring (bicyclic) bond motifs is 1. The lowest BCUT2D eigenvalue weighted by molar-refractivity contribution is -0.137. The van der Waals surface area contributed by atoms with E-state index in [9.17, 15) is 18.0 Å². The van der Waals surface area contributed by atoms with Crippen LogP contribution < -0.4 is 10.6 Å². The number of nitrogens with one attached hydrogen (secondary N) is 1. The Labute approximate surface area is 76.9 Å². The highest BCUT2D eigenvalue weighted by molar-refractivity contribution is 6.03. The number of carbonyl (C=O) groups is 1. The van der Waals surface area contributed by atoms with Gasteiger partial charge in [-0.2, -0.15) is 18.5 Å². The minimum absolute atomic E-state index is 0.102. The summed E-state index contributed by atoms with van der Waals surface area (Å²) in [6, 6.07) is 2.72. The fourth-order valence-corrected chi connectivity index (χ4v) is 1.24. The summed E-state index contributed by atoms with van der Waals surface area (Å²) in [6.45, 7) is 0. The van der Waals surface area contributed by atoms with Crippen LogP contribution in [-0.2, 0) is 6.18 Å². The zero-order valence-electron chi connectivity index (χ0n) is 6.72. The topological polar surface area (TPSA) is 43.2 Å². The van der Waals surface area contributed by atoms with Crippen molar-refractivity contribution in [2.24, 2.45) is 0 Å². The Morgan fingerprint density at radius 3 is 2.64 bits per heavy atom. The molecule has 14 heavy (non-hydrogen) atoms. The van der Waals surface area contributed by atoms with E-state index in [-0.39, 0.29) is 11.4 Å². The Morgan fingerprint density at radius 2 is 2.00 bits per heavy atom. The van der Waals surface area contributed by atoms with Gasteiger partial charge in [0.2, 0.25) is 0 Å². The summed E-state index contributed by atoms with van der Waals surface area (Å²) in [5.41, 5.74) is -1.12. The molecule has 1 N–H and O–H groups in total. The second kappa shape index (κ2) is 2.63. The van der Waals surface area contributed by atoms with Gasteiger partial charge >= 0.3 is 12.2 Å². The van der Waals surface area contributed by atoms with Gasteiger partial charge in [-0.25, -0.2) is 4.79 Å². The van der Waals surface area contributed by atoms with Gasteiger partial charge in [0.15, 0.2) is 0 Å². The van der Waals surface area contributed by atoms with E-state index in [0.717, 1.165) is 6.07 Å². The van der Waals surface area contributed by atoms with E-state index in [1.165, 1.54) is 12.1 Å². The molecule has 73 valence electrons. The number of para-hydroxylation sites is 1. The Hall–Kier alpha value is -1.72. The SMILES string of the molecule is O=C1[N]c2c(cccc2C(F)(F)F)N1. The fraction of sp³-hybridized carbons (Fsp3) is 0.125. The average Bonchev–Trinajstić information content (AvgIpc) is 2.41. The number of hydrogen-bond donors (Lipinski definition) is 1. The summed E-state index contributed by atoms with van der Waals surface area (Å²) in [5.74, 6) is 0. The Kier molecular flexibility index (Phi) is 1.67. The third-order valence-corrected chi connectivity index (χ3v) is 1.80. The molecule has 2 rings (SSSR count). The number of rotatable bonds is 0. The monoisotopic (exact) mass is 201 g/mol. The molecule has 3 nitrogen and oxygen atoms in total. The summed E-state index contributed by atoms with van der Waals surface area (Å²) in [4.78, 5) is 10.7. The van der Waals surface area contributed by atoms with Crippen molar-refractivity contribution in [3.05, 3.63) is 23.8 Å². The standard InChI is InChI=1S/C8H4F3N2O/c9-8(10,11)4-2-1-3-5-6(4)13-7(14)12-5/h1-3H,(H,12,14). The summed E-state index contributed by atoms with van der Waals surface area (Å²) < 4.78 is 37.1. The molecule has 0 aliphatic carbocycles. The van der Waals surface area contributed by atoms with Gasteiger partial charge in [0.05, 0.1) is 11.3 Å². The second-order valence-electron chi connectivity index (χ2n) is 2.74. The zero-order chi connectivity index (χ0) is 10.3. The largest absolute Gasteiger partial charge is 0.418 e. The van der Waals surface area contributed by atoms with Gasteiger partial charge in [-0.15, -0.1) is 0 Å². The molecule has 1 aromatic carbocycles. The minimum atomic E-state index is -4.48. The minimum Gasteiger partial charge on any atom is -0.304 e. The molecule has 0 aromatic heterocycles. The molecule has 1 aliphatic rings. The normalized spacial score (nSPS) is 14.6. The van der Waals surface area contributed by atoms with E-state index in [1.807, 2.05) is 0 Å². The Bertz CT molecular complexity index is 400. The average molecular weight is 201 g/mol. The van der Waals surface area contributed by atoms with Crippen molar-refractivity contribution in [2.45, 2.75) is 6.18 Å². The smallest absolute Gasteiger partial charge is 0.304 e. The maximum absolute atomic E-state index is 12.4. The maximum Gasteiger partial charge on any atom is 0.418 e. The van der Waals surface area contributed by atoms with Gasteiger partial charge < -0.3 is 5.32 Å². The predicted octanol–water partition coefficient (Wildman–Crippen LogP) is 2.49. The summed E-state index contributed by atoms with van der Waals surface area (Å²) in [5, 5.41) is 5.45. The number of halogens is 3. The predicted molar refractivity (Wildman–Crippen MR) is 42.3 cm³/mol. The molecule has 0 fully saturated rings. The Morgan fingerprint density at radius 1 is 1.29 bits per heavy atom. The van der Waals surface area contributed by atoms with Crippen LogP contribution in [0.1, 0.15) is 5.56 Å². The first kappa shape index (κ1) is 8.86. The molecule has 1 heterocycles. The van der Waals surface area contributed by atoms with Gasteiger partial charge in [-0.1, -0.05) is 6.07 Å². The Balaban J connectivity index is 2.55. The van der Waals surface area contributed by atoms with Gasteiger partial charge in [0.1, 0.15) is 5.69 Å². The van der Waals surface area contributed by atoms with Crippen LogP contribution in [0.5, 0.6) is 0 Å². The molecule has 0 bridgehead atoms. The van der Waals surface area contributed by atoms with E-state index in [0.29, 0.717) is 0 Å². The lowest BCUT2D eigenvalue weighted by Gasteiger charge is -2.08. The number of urea groups is 1. The molecule has 2 amide bonds. The molecule has 0 saturated carbocycles. The molecule has 0 atom stereocenters. The third-order valence-electron chi connectivity index (χ3n) is 1.80. The first-order valence-corrected chi connectivity index (χ1v) is 3.71. The molecular weight excluding hydrogens is 197 g/mol. The zero-order valence-corrected chi connectivity index (χ0v) is 6.72. The van der Waals surface area contributed by atoms with Crippen molar-refractivity contribution in [1.29, 1.82) is 0 Å². The highest BCUT2D eigenvalue weighted by atomic mass is 19.4. The molecule has 1 radical (unpaired) electrons. The van der Waals surface area contributed by atoms with E-state index in [4.69, 9.17) is 0 Å². The molecule has 0 unspecified atom stereocenters. The number of hydrogen-bond acceptors (Lipinski definition) is 1. The quantitative estimate of drug-likeness (QED) is 0.688. The first-order valence-electron chi connectivity index (χ1n) is 3.71. The highest BCUT2D eigenvalue weighted by Crippen LogP contribution is 2.40. The van der Waals surface area contributed by atoms with E-state index >= 15 is 0 Å². The van der Waals surface area contributed by atoms with Gasteiger partial charge in [0, 0.05) is 0 Å². The van der Waals surface area contributed by atoms with Crippen molar-refractivity contribution < 1.29 is 18.0 Å². The summed E-state index contributed by atoms with van der Waals surface area (Å²) in [7, 11) is 0. The van der Waals surface area contributed by atoms with Crippen molar-refractivity contribution in [3.63, 3.8) is 0 Å². The molecule has 0 saturated heterocycles. The number of alkyl halides is 3. The summed E-state index contributed by atoms with van der Waals surface area (Å²) in [6.07, 6.45) is -4.48. The maximum atomic E-state index is 12.4. The van der Waals surface area contributed by atoms with E-state index in [2.05, 4.69) is 10.6 Å². The van der Waals surface area contributed by atoms with Crippen molar-refractivity contribution in [3.8, 4) is 0 Å². The van der Waals surface area contributed by atoms with Crippen molar-refractivity contribution >= 4 is 17.4 Å². The second-order valence-corrected chi connectivity index (χ2v) is 2.74. The third kappa shape index (κ3) is 1.28. The summed E-state index contributed by atoms with van der Waals surface area (Å²) >= 11 is 0. The molecular formula is C8H4F3N2O. The van der Waals surface area contributed by atoms with E-state index in [1.54, 1.807) is 0 Å². The number of anilines is 1. The number of carbonyl (C=O) groups excluding carboxylic acids is 1. The van der Waals surface area contributed by atoms with Crippen LogP contribution in [0.25, 0.3) is 0 Å². The van der Waals surface area contributed by atoms with Crippen LogP contribution in [0.2, 0.25) is 0 Å². The lowest BCUT2D eigenvalue weighted by atomic mass is 10.1. The fourth-order valence-electron chi connectivity index (χ4n) is 1.24. The molecule has 1 aliphatic heterocycles. The molecule has 6 heteroatoms. The highest BCUT2D eigenvalue weighted by Gasteiger charge is 2.37. The van der Waals surface area contributed by atoms with Crippen LogP contribution in [-0.4, -0.2) is 6.03 Å². The van der Waals surface area contributed by atoms with Gasteiger partial charge in [0.25, 0.3) is 0 Å². The van der Waals surface area contributed by atoms with Gasteiger partial charge in [-0.05, 0) is 12.1 Å². The van der Waals surface area contributed by atoms with Crippen LogP contribution in [0.15, 0.2) is 18.2 Å². The van der Waals surface area contributed by atoms with Crippen LogP contribution >= 0.6 is 0 Å². The van der Waals surface area contributed by atoms with Crippen LogP contribution in [0, 0.1) is 0 Å². The van der Waals surface area contributed by atoms with Crippen LogP contribution in [0.3, 0.4) is 0 Å². The number of benzene rings is 1. The van der Waals surface area contributed by atoms with Crippen LogP contribution in [0.4, 0.5) is 29.3 Å². The van der Waals surface area contributed by atoms with Crippen molar-refractivity contribution in [2.75, 3.05) is 5.32 Å². The number of nitrogens with zero attached hydrogens (tertiary/aromatic N) is 1. The number of amides is 2. The van der Waals surface area contributed by atoms with Gasteiger partial charge in [-0.3, -0.25) is 0 Å². The lowest BCUT2D eigenvalue weighted by Crippen LogP contribution is -2.11. The molecule has 1 aromatic rings. The first-order chi connectivity index (χ1) is 6.48. The van der Waals surface area contributed by atoms with E-state index < -0.39 is 17.8 Å².